The van der Waals surface area contributed by atoms with Gasteiger partial charge in [-0.15, -0.1) is 0 Å². The number of benzene rings is 1. The van der Waals surface area contributed by atoms with Gasteiger partial charge in [0.1, 0.15) is 6.07 Å². The smallest absolute Gasteiger partial charge is 0.201 e. The van der Waals surface area contributed by atoms with Gasteiger partial charge >= 0.3 is 0 Å². The second kappa shape index (κ2) is 5.32. The number of nitrogens with two attached hydrogens (primary N) is 1. The Kier molecular flexibility index (Phi) is 4.06. The molecule has 88 valence electrons. The van der Waals surface area contributed by atoms with E-state index in [-0.39, 0.29) is 11.5 Å². The monoisotopic (exact) mass is 295 g/mol. The Balaban J connectivity index is 3.05. The number of hydrazone groups is 1. The van der Waals surface area contributed by atoms with Gasteiger partial charge in [-0.2, -0.15) is 10.4 Å². The number of halogens is 1. The predicted octanol–water partition coefficient (Wildman–Crippen LogP) is 1.69. The molecule has 17 heavy (non-hydrogen) atoms. The number of nitrogens with one attached hydrogen (secondary N) is 2. The quantitative estimate of drug-likeness (QED) is 0.294. The number of anilines is 1. The molecule has 5 N–H and O–H groups in total. The zero-order chi connectivity index (χ0) is 13.0. The van der Waals surface area contributed by atoms with Crippen LogP contribution in [0.25, 0.3) is 0 Å². The highest BCUT2D eigenvalue weighted by atomic mass is 79.9. The molecule has 0 atom stereocenters. The van der Waals surface area contributed by atoms with Crippen LogP contribution in [0.1, 0.15) is 5.56 Å². The molecule has 0 aromatic heterocycles. The molecule has 1 rings (SSSR count). The van der Waals surface area contributed by atoms with Gasteiger partial charge in [0, 0.05) is 0 Å². The van der Waals surface area contributed by atoms with Gasteiger partial charge in [0.2, 0.25) is 5.71 Å². The first-order valence-electron chi connectivity index (χ1n) is 4.53. The summed E-state index contributed by atoms with van der Waals surface area (Å²) in [6.45, 7) is 1.84. The van der Waals surface area contributed by atoms with Crippen LogP contribution in [0, 0.1) is 23.7 Å². The van der Waals surface area contributed by atoms with E-state index in [9.17, 15) is 5.11 Å². The van der Waals surface area contributed by atoms with E-state index in [0.29, 0.717) is 10.2 Å². The fourth-order valence-corrected chi connectivity index (χ4v) is 1.66. The molecule has 1 aromatic carbocycles. The van der Waals surface area contributed by atoms with Crippen LogP contribution in [0.15, 0.2) is 21.7 Å². The summed E-state index contributed by atoms with van der Waals surface area (Å²) in [5.41, 5.74) is 8.59. The minimum Gasteiger partial charge on any atom is -0.505 e. The number of hydrogen-bond donors (Lipinski definition) is 4. The number of phenols is 1. The Morgan fingerprint density at radius 2 is 2.29 bits per heavy atom. The second-order valence-electron chi connectivity index (χ2n) is 3.24. The fraction of sp³-hybridized carbons (Fsp3) is 0.100. The maximum Gasteiger partial charge on any atom is 0.201 e. The van der Waals surface area contributed by atoms with Crippen LogP contribution in [0.5, 0.6) is 5.75 Å². The Morgan fingerprint density at radius 3 is 2.82 bits per heavy atom. The molecule has 0 unspecified atom stereocenters. The van der Waals surface area contributed by atoms with E-state index in [0.717, 1.165) is 5.56 Å². The molecule has 0 saturated carbocycles. The third kappa shape index (κ3) is 3.19. The van der Waals surface area contributed by atoms with E-state index in [4.69, 9.17) is 16.4 Å². The maximum absolute atomic E-state index is 9.70. The molecule has 0 heterocycles. The van der Waals surface area contributed by atoms with Crippen molar-refractivity contribution >= 4 is 33.2 Å². The van der Waals surface area contributed by atoms with Crippen LogP contribution in [-0.2, 0) is 0 Å². The summed E-state index contributed by atoms with van der Waals surface area (Å²) in [7, 11) is 0. The molecule has 0 bridgehead atoms. The molecule has 0 aliphatic carbocycles. The number of aryl methyl sites for hydroxylation is 1. The topological polar surface area (TPSA) is 118 Å². The fourth-order valence-electron chi connectivity index (χ4n) is 1.08. The zero-order valence-corrected chi connectivity index (χ0v) is 10.5. The van der Waals surface area contributed by atoms with Crippen molar-refractivity contribution in [2.45, 2.75) is 6.92 Å². The molecule has 7 heteroatoms. The number of hydrogen-bond acceptors (Lipinski definition) is 5. The molecule has 0 aliphatic rings. The highest BCUT2D eigenvalue weighted by Crippen LogP contribution is 2.33. The standard InChI is InChI=1S/C10H10BrN5O/c1-5-2-6(11)9(17)7(3-5)15-16-8(4-12)10(13)14/h2-3,15,17H,1H3,(H3,13,14)/b16-8+. The summed E-state index contributed by atoms with van der Waals surface area (Å²) in [6.07, 6.45) is 0. The predicted molar refractivity (Wildman–Crippen MR) is 69.1 cm³/mol. The van der Waals surface area contributed by atoms with Crippen LogP contribution in [0.3, 0.4) is 0 Å². The average Bonchev–Trinajstić information content (AvgIpc) is 2.25. The van der Waals surface area contributed by atoms with Crippen LogP contribution in [0.2, 0.25) is 0 Å². The summed E-state index contributed by atoms with van der Waals surface area (Å²) in [4.78, 5) is 0. The van der Waals surface area contributed by atoms with Gasteiger partial charge in [0.25, 0.3) is 0 Å². The van der Waals surface area contributed by atoms with Gasteiger partial charge in [0.15, 0.2) is 11.6 Å². The lowest BCUT2D eigenvalue weighted by Gasteiger charge is -2.07. The minimum atomic E-state index is -0.439. The molecule has 6 nitrogen and oxygen atoms in total. The Morgan fingerprint density at radius 1 is 1.65 bits per heavy atom. The third-order valence-corrected chi connectivity index (χ3v) is 2.46. The highest BCUT2D eigenvalue weighted by molar-refractivity contribution is 9.10. The minimum absolute atomic E-state index is 0.0276. The number of phenolic OH excluding ortho intramolecular Hbond substituents is 1. The van der Waals surface area contributed by atoms with E-state index in [1.807, 2.05) is 6.92 Å². The summed E-state index contributed by atoms with van der Waals surface area (Å²) >= 11 is 3.18. The first kappa shape index (κ1) is 13.0. The largest absolute Gasteiger partial charge is 0.505 e. The van der Waals surface area contributed by atoms with Crippen LogP contribution in [0.4, 0.5) is 5.69 Å². The van der Waals surface area contributed by atoms with E-state index in [1.165, 1.54) is 0 Å². The Bertz CT molecular complexity index is 532. The summed E-state index contributed by atoms with van der Waals surface area (Å²) in [5, 5.41) is 29.0. The van der Waals surface area contributed by atoms with Gasteiger partial charge in [-0.05, 0) is 40.5 Å². The molecule has 0 saturated heterocycles. The lowest BCUT2D eigenvalue weighted by Crippen LogP contribution is -2.21. The molecular formula is C10H10BrN5O. The molecule has 0 fully saturated rings. The van der Waals surface area contributed by atoms with Gasteiger partial charge < -0.3 is 10.8 Å². The average molecular weight is 296 g/mol. The number of nitriles is 1. The molecule has 1 aromatic rings. The van der Waals surface area contributed by atoms with Crippen molar-refractivity contribution in [3.05, 3.63) is 22.2 Å². The van der Waals surface area contributed by atoms with Crippen LogP contribution < -0.4 is 11.2 Å². The van der Waals surface area contributed by atoms with Crippen LogP contribution >= 0.6 is 15.9 Å². The summed E-state index contributed by atoms with van der Waals surface area (Å²) in [6, 6.07) is 5.05. The molecule has 0 aliphatic heterocycles. The van der Waals surface area contributed by atoms with Crippen molar-refractivity contribution in [3.8, 4) is 11.8 Å². The normalized spacial score (nSPS) is 10.8. The molecule has 0 spiro atoms. The van der Waals surface area contributed by atoms with Gasteiger partial charge in [-0.3, -0.25) is 10.8 Å². The number of amidine groups is 1. The SMILES string of the molecule is Cc1cc(Br)c(O)c(N/N=C(\C#N)C(=N)N)c1. The lowest BCUT2D eigenvalue weighted by molar-refractivity contribution is 0.474. The molecule has 0 radical (unpaired) electrons. The van der Waals surface area contributed by atoms with Gasteiger partial charge in [0.05, 0.1) is 10.2 Å². The first-order valence-corrected chi connectivity index (χ1v) is 5.32. The summed E-state index contributed by atoms with van der Waals surface area (Å²) < 4.78 is 0.511. The van der Waals surface area contributed by atoms with E-state index >= 15 is 0 Å². The van der Waals surface area contributed by atoms with E-state index in [1.54, 1.807) is 18.2 Å². The number of rotatable bonds is 3. The van der Waals surface area contributed by atoms with Crippen molar-refractivity contribution in [1.82, 2.24) is 0 Å². The van der Waals surface area contributed by atoms with E-state index < -0.39 is 5.84 Å². The Labute approximate surface area is 106 Å². The zero-order valence-electron chi connectivity index (χ0n) is 8.95. The first-order chi connectivity index (χ1) is 7.95. The molecular weight excluding hydrogens is 286 g/mol. The summed E-state index contributed by atoms with van der Waals surface area (Å²) in [5.74, 6) is -0.466. The van der Waals surface area contributed by atoms with Crippen molar-refractivity contribution in [3.63, 3.8) is 0 Å². The van der Waals surface area contributed by atoms with Gasteiger partial charge in [-0.1, -0.05) is 0 Å². The second-order valence-corrected chi connectivity index (χ2v) is 4.09. The van der Waals surface area contributed by atoms with Crippen LogP contribution in [-0.4, -0.2) is 16.7 Å². The van der Waals surface area contributed by atoms with E-state index in [2.05, 4.69) is 26.5 Å². The van der Waals surface area contributed by atoms with Crippen molar-refractivity contribution in [1.29, 1.82) is 10.7 Å². The number of aromatic hydroxyl groups is 1. The van der Waals surface area contributed by atoms with Crippen molar-refractivity contribution in [2.24, 2.45) is 10.8 Å². The Hall–Kier alpha value is -2.07. The molecule has 0 amide bonds. The maximum atomic E-state index is 9.70. The number of nitrogens with zero attached hydrogens (tertiary/aromatic N) is 2. The van der Waals surface area contributed by atoms with Gasteiger partial charge in [-0.25, -0.2) is 0 Å². The lowest BCUT2D eigenvalue weighted by atomic mass is 10.2. The van der Waals surface area contributed by atoms with Crippen molar-refractivity contribution < 1.29 is 5.11 Å². The third-order valence-electron chi connectivity index (χ3n) is 1.86. The van der Waals surface area contributed by atoms with Crippen molar-refractivity contribution in [2.75, 3.05) is 5.43 Å². The highest BCUT2D eigenvalue weighted by Gasteiger charge is 2.07.